The molecule has 0 aromatic heterocycles. The second kappa shape index (κ2) is 5.16. The van der Waals surface area contributed by atoms with E-state index in [1.165, 1.54) is 19.3 Å². The fraction of sp³-hybridized carbons (Fsp3) is 1.00. The van der Waals surface area contributed by atoms with Crippen LogP contribution in [0, 0.1) is 17.8 Å². The van der Waals surface area contributed by atoms with Crippen LogP contribution in [0.1, 0.15) is 53.9 Å². The van der Waals surface area contributed by atoms with Crippen LogP contribution in [0.4, 0.5) is 0 Å². The molecule has 1 N–H and O–H groups in total. The van der Waals surface area contributed by atoms with E-state index in [0.717, 1.165) is 23.8 Å². The lowest BCUT2D eigenvalue weighted by Gasteiger charge is -2.38. The van der Waals surface area contributed by atoms with Crippen molar-refractivity contribution in [3.05, 3.63) is 0 Å². The van der Waals surface area contributed by atoms with Gasteiger partial charge in [0.25, 0.3) is 0 Å². The third kappa shape index (κ3) is 2.98. The molecule has 1 nitrogen and oxygen atoms in total. The summed E-state index contributed by atoms with van der Waals surface area (Å²) in [5.74, 6) is 2.47. The summed E-state index contributed by atoms with van der Waals surface area (Å²) in [7, 11) is 0. The highest BCUT2D eigenvalue weighted by atomic mass is 15.0. The first-order valence-corrected chi connectivity index (χ1v) is 6.28. The van der Waals surface area contributed by atoms with Gasteiger partial charge in [-0.1, -0.05) is 34.1 Å². The van der Waals surface area contributed by atoms with Crippen molar-refractivity contribution in [1.29, 1.82) is 0 Å². The highest BCUT2D eigenvalue weighted by Gasteiger charge is 2.28. The van der Waals surface area contributed by atoms with Crippen LogP contribution in [-0.4, -0.2) is 12.1 Å². The predicted molar refractivity (Wildman–Crippen MR) is 63.4 cm³/mol. The molecule has 1 fully saturated rings. The fourth-order valence-corrected chi connectivity index (χ4v) is 2.51. The van der Waals surface area contributed by atoms with Crippen LogP contribution >= 0.6 is 0 Å². The Morgan fingerprint density at radius 2 is 1.50 bits per heavy atom. The zero-order valence-electron chi connectivity index (χ0n) is 10.5. The van der Waals surface area contributed by atoms with E-state index in [1.54, 1.807) is 0 Å². The third-order valence-corrected chi connectivity index (χ3v) is 4.00. The number of nitrogens with one attached hydrogen (secondary N) is 1. The van der Waals surface area contributed by atoms with Gasteiger partial charge in [-0.05, 0) is 37.5 Å². The Balaban J connectivity index is 2.47. The minimum absolute atomic E-state index is 0.656. The van der Waals surface area contributed by atoms with Gasteiger partial charge in [0.15, 0.2) is 0 Å². The van der Waals surface area contributed by atoms with E-state index >= 15 is 0 Å². The van der Waals surface area contributed by atoms with Crippen LogP contribution in [0.15, 0.2) is 0 Å². The normalized spacial score (nSPS) is 36.0. The van der Waals surface area contributed by atoms with E-state index in [2.05, 4.69) is 39.9 Å². The Morgan fingerprint density at radius 1 is 1.00 bits per heavy atom. The molecule has 1 rings (SSSR count). The van der Waals surface area contributed by atoms with E-state index in [0.29, 0.717) is 6.04 Å². The van der Waals surface area contributed by atoms with Gasteiger partial charge in [-0.3, -0.25) is 0 Å². The van der Waals surface area contributed by atoms with Crippen molar-refractivity contribution in [2.24, 2.45) is 17.8 Å². The van der Waals surface area contributed by atoms with Gasteiger partial charge in [0, 0.05) is 12.1 Å². The molecule has 0 aromatic carbocycles. The van der Waals surface area contributed by atoms with Gasteiger partial charge in [-0.2, -0.15) is 0 Å². The van der Waals surface area contributed by atoms with E-state index in [-0.39, 0.29) is 0 Å². The average Bonchev–Trinajstić information content (AvgIpc) is 2.11. The Labute approximate surface area is 89.7 Å². The lowest BCUT2D eigenvalue weighted by molar-refractivity contribution is 0.184. The molecule has 0 aromatic rings. The van der Waals surface area contributed by atoms with Gasteiger partial charge in [0.05, 0.1) is 0 Å². The molecule has 1 aliphatic carbocycles. The van der Waals surface area contributed by atoms with Gasteiger partial charge in [0.1, 0.15) is 0 Å². The predicted octanol–water partition coefficient (Wildman–Crippen LogP) is 3.45. The zero-order chi connectivity index (χ0) is 10.7. The maximum atomic E-state index is 3.82. The molecule has 1 heteroatoms. The lowest BCUT2D eigenvalue weighted by atomic mass is 9.78. The van der Waals surface area contributed by atoms with E-state index in [9.17, 15) is 0 Å². The summed E-state index contributed by atoms with van der Waals surface area (Å²) < 4.78 is 0. The Bertz CT molecular complexity index is 155. The standard InChI is InChI=1S/C13H27N/c1-9(2)12(5)14-13-10(3)7-6-8-11(13)4/h9-14H,6-8H2,1-5H3. The molecule has 1 saturated carbocycles. The topological polar surface area (TPSA) is 12.0 Å². The number of hydrogen-bond acceptors (Lipinski definition) is 1. The van der Waals surface area contributed by atoms with E-state index in [1.807, 2.05) is 0 Å². The monoisotopic (exact) mass is 197 g/mol. The Morgan fingerprint density at radius 3 is 1.93 bits per heavy atom. The number of hydrogen-bond donors (Lipinski definition) is 1. The first-order valence-electron chi connectivity index (χ1n) is 6.28. The molecular weight excluding hydrogens is 170 g/mol. The first-order chi connectivity index (χ1) is 6.52. The summed E-state index contributed by atoms with van der Waals surface area (Å²) in [5.41, 5.74) is 0. The summed E-state index contributed by atoms with van der Waals surface area (Å²) >= 11 is 0. The van der Waals surface area contributed by atoms with Crippen molar-refractivity contribution in [3.8, 4) is 0 Å². The van der Waals surface area contributed by atoms with Gasteiger partial charge < -0.3 is 5.32 Å². The minimum atomic E-state index is 0.656. The molecule has 14 heavy (non-hydrogen) atoms. The summed E-state index contributed by atoms with van der Waals surface area (Å²) in [6.45, 7) is 11.7. The van der Waals surface area contributed by atoms with Crippen molar-refractivity contribution in [1.82, 2.24) is 5.32 Å². The molecular formula is C13H27N. The van der Waals surface area contributed by atoms with Gasteiger partial charge in [0.2, 0.25) is 0 Å². The average molecular weight is 197 g/mol. The van der Waals surface area contributed by atoms with Crippen LogP contribution in [-0.2, 0) is 0 Å². The molecule has 0 aliphatic heterocycles. The Kier molecular flexibility index (Phi) is 4.43. The summed E-state index contributed by atoms with van der Waals surface area (Å²) in [4.78, 5) is 0. The fourth-order valence-electron chi connectivity index (χ4n) is 2.51. The third-order valence-electron chi connectivity index (χ3n) is 4.00. The first kappa shape index (κ1) is 12.0. The highest BCUT2D eigenvalue weighted by Crippen LogP contribution is 2.29. The highest BCUT2D eigenvalue weighted by molar-refractivity contribution is 4.85. The maximum Gasteiger partial charge on any atom is 0.0121 e. The van der Waals surface area contributed by atoms with E-state index < -0.39 is 0 Å². The molecule has 0 radical (unpaired) electrons. The second-order valence-electron chi connectivity index (χ2n) is 5.61. The van der Waals surface area contributed by atoms with Gasteiger partial charge in [-0.15, -0.1) is 0 Å². The van der Waals surface area contributed by atoms with Crippen molar-refractivity contribution in [3.63, 3.8) is 0 Å². The molecule has 1 aliphatic rings. The van der Waals surface area contributed by atoms with Crippen molar-refractivity contribution < 1.29 is 0 Å². The molecule has 0 amide bonds. The quantitative estimate of drug-likeness (QED) is 0.731. The van der Waals surface area contributed by atoms with Crippen LogP contribution in [0.3, 0.4) is 0 Å². The minimum Gasteiger partial charge on any atom is -0.311 e. The molecule has 0 saturated heterocycles. The zero-order valence-corrected chi connectivity index (χ0v) is 10.5. The largest absolute Gasteiger partial charge is 0.311 e. The van der Waals surface area contributed by atoms with Gasteiger partial charge in [-0.25, -0.2) is 0 Å². The molecule has 3 atom stereocenters. The van der Waals surface area contributed by atoms with Crippen LogP contribution in [0.25, 0.3) is 0 Å². The molecule has 0 bridgehead atoms. The molecule has 84 valence electrons. The lowest BCUT2D eigenvalue weighted by Crippen LogP contribution is -2.48. The molecule has 3 unspecified atom stereocenters. The second-order valence-corrected chi connectivity index (χ2v) is 5.61. The van der Waals surface area contributed by atoms with Crippen LogP contribution in [0.2, 0.25) is 0 Å². The van der Waals surface area contributed by atoms with Crippen molar-refractivity contribution >= 4 is 0 Å². The Hall–Kier alpha value is -0.0400. The van der Waals surface area contributed by atoms with Crippen LogP contribution in [0.5, 0.6) is 0 Å². The van der Waals surface area contributed by atoms with Gasteiger partial charge >= 0.3 is 0 Å². The van der Waals surface area contributed by atoms with Crippen LogP contribution < -0.4 is 5.32 Å². The summed E-state index contributed by atoms with van der Waals surface area (Å²) in [6, 6.07) is 1.41. The van der Waals surface area contributed by atoms with E-state index in [4.69, 9.17) is 0 Å². The summed E-state index contributed by atoms with van der Waals surface area (Å²) in [5, 5.41) is 3.82. The smallest absolute Gasteiger partial charge is 0.0121 e. The maximum absolute atomic E-state index is 3.82. The van der Waals surface area contributed by atoms with Crippen molar-refractivity contribution in [2.45, 2.75) is 66.0 Å². The molecule has 0 spiro atoms. The van der Waals surface area contributed by atoms with Crippen molar-refractivity contribution in [2.75, 3.05) is 0 Å². The number of rotatable bonds is 3. The SMILES string of the molecule is CC(C)C(C)NC1C(C)CCCC1C. The summed E-state index contributed by atoms with van der Waals surface area (Å²) in [6.07, 6.45) is 4.25. The molecule has 0 heterocycles.